The molecule has 30 heavy (non-hydrogen) atoms. The molecule has 0 aliphatic carbocycles. The number of ether oxygens (including phenoxy) is 2. The Balaban J connectivity index is 1.70. The highest BCUT2D eigenvalue weighted by molar-refractivity contribution is 9.10. The second-order valence-electron chi connectivity index (χ2n) is 6.12. The lowest BCUT2D eigenvalue weighted by atomic mass is 10.2. The number of carbonyl (C=O) groups is 1. The summed E-state index contributed by atoms with van der Waals surface area (Å²) in [6.45, 7) is 0.274. The van der Waals surface area contributed by atoms with Gasteiger partial charge in [0.2, 0.25) is 0 Å². The second kappa shape index (κ2) is 10.2. The molecular weight excluding hydrogens is 475 g/mol. The summed E-state index contributed by atoms with van der Waals surface area (Å²) in [5, 5.41) is 4.56. The molecule has 0 atom stereocenters. The van der Waals surface area contributed by atoms with Gasteiger partial charge in [0, 0.05) is 16.1 Å². The highest BCUT2D eigenvalue weighted by Crippen LogP contribution is 2.37. The Bertz CT molecular complexity index is 1070. The van der Waals surface area contributed by atoms with Crippen LogP contribution in [0.25, 0.3) is 0 Å². The van der Waals surface area contributed by atoms with Crippen molar-refractivity contribution < 1.29 is 18.7 Å². The van der Waals surface area contributed by atoms with Crippen LogP contribution >= 0.6 is 27.5 Å². The van der Waals surface area contributed by atoms with Crippen molar-refractivity contribution >= 4 is 39.7 Å². The van der Waals surface area contributed by atoms with Gasteiger partial charge in [-0.05, 0) is 64.0 Å². The van der Waals surface area contributed by atoms with Crippen molar-refractivity contribution in [2.75, 3.05) is 7.11 Å². The fourth-order valence-electron chi connectivity index (χ4n) is 2.55. The summed E-state index contributed by atoms with van der Waals surface area (Å²) in [7, 11) is 1.53. The van der Waals surface area contributed by atoms with E-state index < -0.39 is 11.7 Å². The number of carbonyl (C=O) groups excluding carboxylic acids is 1. The van der Waals surface area contributed by atoms with Gasteiger partial charge in [-0.2, -0.15) is 5.10 Å². The molecule has 0 spiro atoms. The molecule has 0 saturated heterocycles. The number of nitrogens with zero attached hydrogens (tertiary/aromatic N) is 1. The first kappa shape index (κ1) is 21.8. The van der Waals surface area contributed by atoms with Crippen LogP contribution in [0.3, 0.4) is 0 Å². The van der Waals surface area contributed by atoms with Crippen molar-refractivity contribution in [3.8, 4) is 11.5 Å². The minimum absolute atomic E-state index is 0.274. The summed E-state index contributed by atoms with van der Waals surface area (Å²) in [5.74, 6) is 0.147. The second-order valence-corrected chi connectivity index (χ2v) is 7.38. The third-order valence-electron chi connectivity index (χ3n) is 4.07. The van der Waals surface area contributed by atoms with Crippen molar-refractivity contribution in [1.29, 1.82) is 0 Å². The first-order valence-electron chi connectivity index (χ1n) is 8.80. The molecule has 0 unspecified atom stereocenters. The maximum atomic E-state index is 12.9. The van der Waals surface area contributed by atoms with Crippen LogP contribution in [0, 0.1) is 5.82 Å². The Labute approximate surface area is 186 Å². The van der Waals surface area contributed by atoms with Crippen LogP contribution in [-0.4, -0.2) is 19.2 Å². The highest BCUT2D eigenvalue weighted by atomic mass is 79.9. The molecule has 0 heterocycles. The molecule has 0 radical (unpaired) electrons. The van der Waals surface area contributed by atoms with Crippen LogP contribution in [0.15, 0.2) is 70.2 Å². The number of halogens is 3. The molecule has 0 bridgehead atoms. The Morgan fingerprint density at radius 2 is 1.93 bits per heavy atom. The summed E-state index contributed by atoms with van der Waals surface area (Å²) >= 11 is 9.64. The van der Waals surface area contributed by atoms with Gasteiger partial charge in [-0.1, -0.05) is 29.8 Å². The van der Waals surface area contributed by atoms with Crippen molar-refractivity contribution in [2.24, 2.45) is 5.10 Å². The predicted octanol–water partition coefficient (Wildman–Crippen LogP) is 5.59. The van der Waals surface area contributed by atoms with Crippen LogP contribution in [0.2, 0.25) is 5.02 Å². The van der Waals surface area contributed by atoms with Crippen molar-refractivity contribution in [1.82, 2.24) is 5.43 Å². The van der Waals surface area contributed by atoms with Gasteiger partial charge in [-0.3, -0.25) is 4.79 Å². The average molecular weight is 492 g/mol. The average Bonchev–Trinajstić information content (AvgIpc) is 2.74. The van der Waals surface area contributed by atoms with E-state index in [1.165, 1.54) is 37.6 Å². The summed E-state index contributed by atoms with van der Waals surface area (Å²) in [5.41, 5.74) is 4.22. The Hall–Kier alpha value is -2.90. The number of amides is 1. The third kappa shape index (κ3) is 5.58. The van der Waals surface area contributed by atoms with Crippen molar-refractivity contribution in [3.63, 3.8) is 0 Å². The zero-order valence-corrected chi connectivity index (χ0v) is 18.2. The third-order valence-corrected chi connectivity index (χ3v) is 5.03. The molecule has 154 valence electrons. The quantitative estimate of drug-likeness (QED) is 0.346. The number of nitrogens with one attached hydrogen (secondary N) is 1. The molecule has 0 aromatic heterocycles. The van der Waals surface area contributed by atoms with E-state index in [2.05, 4.69) is 26.5 Å². The van der Waals surface area contributed by atoms with Gasteiger partial charge >= 0.3 is 0 Å². The van der Waals surface area contributed by atoms with E-state index in [1.54, 1.807) is 18.2 Å². The Kier molecular flexibility index (Phi) is 7.43. The van der Waals surface area contributed by atoms with Gasteiger partial charge in [0.25, 0.3) is 5.91 Å². The first-order chi connectivity index (χ1) is 14.5. The highest BCUT2D eigenvalue weighted by Gasteiger charge is 2.12. The van der Waals surface area contributed by atoms with E-state index in [9.17, 15) is 9.18 Å². The molecule has 1 N–H and O–H groups in total. The van der Waals surface area contributed by atoms with E-state index in [4.69, 9.17) is 21.1 Å². The molecule has 3 aromatic carbocycles. The lowest BCUT2D eigenvalue weighted by Crippen LogP contribution is -2.17. The standard InChI is InChI=1S/C22H17BrClFN2O3/c1-29-20-11-14(12-26-27-22(28)15-6-8-17(25)9-7-15)10-18(23)21(20)30-13-16-4-2-3-5-19(16)24/h2-12H,13H2,1H3,(H,27,28)/b26-12-. The van der Waals surface area contributed by atoms with Gasteiger partial charge in [0.05, 0.1) is 17.8 Å². The van der Waals surface area contributed by atoms with Gasteiger partial charge in [-0.25, -0.2) is 9.82 Å². The summed E-state index contributed by atoms with van der Waals surface area (Å²) in [6, 6.07) is 16.1. The Morgan fingerprint density at radius 1 is 1.20 bits per heavy atom. The van der Waals surface area contributed by atoms with Crippen LogP contribution in [0.4, 0.5) is 4.39 Å². The zero-order valence-electron chi connectivity index (χ0n) is 15.9. The number of benzene rings is 3. The van der Waals surface area contributed by atoms with Gasteiger partial charge in [0.15, 0.2) is 11.5 Å². The lowest BCUT2D eigenvalue weighted by molar-refractivity contribution is 0.0955. The number of methoxy groups -OCH3 is 1. The molecule has 5 nitrogen and oxygen atoms in total. The van der Waals surface area contributed by atoms with E-state index in [-0.39, 0.29) is 6.61 Å². The molecule has 8 heteroatoms. The zero-order chi connectivity index (χ0) is 21.5. The molecular formula is C22H17BrClFN2O3. The van der Waals surface area contributed by atoms with Crippen LogP contribution in [-0.2, 0) is 6.61 Å². The smallest absolute Gasteiger partial charge is 0.271 e. The maximum absolute atomic E-state index is 12.9. The van der Waals surface area contributed by atoms with E-state index in [1.807, 2.05) is 18.2 Å². The number of hydrazone groups is 1. The van der Waals surface area contributed by atoms with Crippen LogP contribution in [0.1, 0.15) is 21.5 Å². The number of rotatable bonds is 7. The maximum Gasteiger partial charge on any atom is 0.271 e. The van der Waals surface area contributed by atoms with Gasteiger partial charge in [-0.15, -0.1) is 0 Å². The Morgan fingerprint density at radius 3 is 2.63 bits per heavy atom. The van der Waals surface area contributed by atoms with Crippen molar-refractivity contribution in [2.45, 2.75) is 6.61 Å². The SMILES string of the molecule is COc1cc(/C=N\NC(=O)c2ccc(F)cc2)cc(Br)c1OCc1ccccc1Cl. The van der Waals surface area contributed by atoms with E-state index in [0.717, 1.165) is 5.56 Å². The normalized spacial score (nSPS) is 10.8. The topological polar surface area (TPSA) is 59.9 Å². The first-order valence-corrected chi connectivity index (χ1v) is 9.97. The number of hydrogen-bond donors (Lipinski definition) is 1. The summed E-state index contributed by atoms with van der Waals surface area (Å²) in [6.07, 6.45) is 1.46. The van der Waals surface area contributed by atoms with Crippen LogP contribution < -0.4 is 14.9 Å². The number of hydrogen-bond acceptors (Lipinski definition) is 4. The van der Waals surface area contributed by atoms with Gasteiger partial charge in [0.1, 0.15) is 12.4 Å². The molecule has 3 aromatic rings. The predicted molar refractivity (Wildman–Crippen MR) is 118 cm³/mol. The minimum atomic E-state index is -0.447. The summed E-state index contributed by atoms with van der Waals surface area (Å²) in [4.78, 5) is 12.0. The van der Waals surface area contributed by atoms with E-state index in [0.29, 0.717) is 32.1 Å². The van der Waals surface area contributed by atoms with E-state index >= 15 is 0 Å². The fraction of sp³-hybridized carbons (Fsp3) is 0.0909. The molecule has 0 aliphatic rings. The molecule has 0 aliphatic heterocycles. The largest absolute Gasteiger partial charge is 0.493 e. The monoisotopic (exact) mass is 490 g/mol. The lowest BCUT2D eigenvalue weighted by Gasteiger charge is -2.14. The van der Waals surface area contributed by atoms with Crippen molar-refractivity contribution in [3.05, 3.63) is 92.7 Å². The summed E-state index contributed by atoms with van der Waals surface area (Å²) < 4.78 is 24.9. The fourth-order valence-corrected chi connectivity index (χ4v) is 3.32. The minimum Gasteiger partial charge on any atom is -0.493 e. The molecule has 3 rings (SSSR count). The van der Waals surface area contributed by atoms with Crippen LogP contribution in [0.5, 0.6) is 11.5 Å². The molecule has 0 fully saturated rings. The molecule has 0 saturated carbocycles. The molecule has 1 amide bonds. The van der Waals surface area contributed by atoms with Gasteiger partial charge < -0.3 is 9.47 Å².